The van der Waals surface area contributed by atoms with Crippen LogP contribution < -0.4 is 10.6 Å². The van der Waals surface area contributed by atoms with Crippen LogP contribution in [-0.2, 0) is 16.1 Å². The van der Waals surface area contributed by atoms with Gasteiger partial charge in [-0.2, -0.15) is 0 Å². The summed E-state index contributed by atoms with van der Waals surface area (Å²) in [7, 11) is 1.77. The SMILES string of the molecule is CN(Cc1cc(Br)cs1)C(=O)C1CNC(=O)CN1. The minimum atomic E-state index is -0.323. The van der Waals surface area contributed by atoms with Gasteiger partial charge >= 0.3 is 0 Å². The number of likely N-dealkylation sites (N-methyl/N-ethyl adjacent to an activating group) is 1. The largest absolute Gasteiger partial charge is 0.353 e. The number of hydrogen-bond acceptors (Lipinski definition) is 4. The Bertz CT molecular complexity index is 453. The van der Waals surface area contributed by atoms with Crippen LogP contribution in [0, 0.1) is 0 Å². The zero-order valence-electron chi connectivity index (χ0n) is 9.90. The number of thiophene rings is 1. The molecule has 1 aromatic rings. The predicted molar refractivity (Wildman–Crippen MR) is 73.3 cm³/mol. The molecule has 2 heterocycles. The number of hydrogen-bond donors (Lipinski definition) is 2. The molecular formula is C11H14BrN3O2S. The van der Waals surface area contributed by atoms with Gasteiger partial charge in [0.15, 0.2) is 0 Å². The number of halogens is 1. The Morgan fingerprint density at radius 1 is 1.67 bits per heavy atom. The maximum absolute atomic E-state index is 12.1. The molecule has 0 spiro atoms. The normalized spacial score (nSPS) is 19.4. The molecule has 1 saturated heterocycles. The Morgan fingerprint density at radius 2 is 2.44 bits per heavy atom. The molecular weight excluding hydrogens is 318 g/mol. The number of carbonyl (C=O) groups is 2. The average Bonchev–Trinajstić information content (AvgIpc) is 2.75. The second kappa shape index (κ2) is 5.81. The molecule has 7 heteroatoms. The van der Waals surface area contributed by atoms with Gasteiger partial charge in [-0.15, -0.1) is 11.3 Å². The van der Waals surface area contributed by atoms with Crippen molar-refractivity contribution in [2.75, 3.05) is 20.1 Å². The second-order valence-electron chi connectivity index (χ2n) is 4.16. The fourth-order valence-electron chi connectivity index (χ4n) is 1.76. The highest BCUT2D eigenvalue weighted by atomic mass is 79.9. The van der Waals surface area contributed by atoms with E-state index in [1.165, 1.54) is 0 Å². The lowest BCUT2D eigenvalue weighted by Crippen LogP contribution is -2.58. The quantitative estimate of drug-likeness (QED) is 0.850. The van der Waals surface area contributed by atoms with Crippen LogP contribution in [0.25, 0.3) is 0 Å². The van der Waals surface area contributed by atoms with Gasteiger partial charge in [0.25, 0.3) is 0 Å². The molecule has 5 nitrogen and oxygen atoms in total. The van der Waals surface area contributed by atoms with Crippen molar-refractivity contribution < 1.29 is 9.59 Å². The van der Waals surface area contributed by atoms with Crippen LogP contribution in [0.3, 0.4) is 0 Å². The van der Waals surface area contributed by atoms with E-state index in [1.807, 2.05) is 11.4 Å². The Morgan fingerprint density at radius 3 is 3.00 bits per heavy atom. The van der Waals surface area contributed by atoms with Crippen LogP contribution in [0.4, 0.5) is 0 Å². The molecule has 0 aliphatic carbocycles. The van der Waals surface area contributed by atoms with Crippen LogP contribution >= 0.6 is 27.3 Å². The van der Waals surface area contributed by atoms with E-state index in [0.717, 1.165) is 9.35 Å². The first-order chi connectivity index (χ1) is 8.56. The minimum absolute atomic E-state index is 0.000442. The van der Waals surface area contributed by atoms with Crippen molar-refractivity contribution >= 4 is 39.1 Å². The van der Waals surface area contributed by atoms with E-state index in [4.69, 9.17) is 0 Å². The number of nitrogens with one attached hydrogen (secondary N) is 2. The van der Waals surface area contributed by atoms with Crippen LogP contribution in [0.15, 0.2) is 15.9 Å². The molecule has 1 aliphatic heterocycles. The molecule has 2 rings (SSSR count). The minimum Gasteiger partial charge on any atom is -0.353 e. The molecule has 0 bridgehead atoms. The van der Waals surface area contributed by atoms with E-state index in [1.54, 1.807) is 23.3 Å². The van der Waals surface area contributed by atoms with Crippen molar-refractivity contribution in [3.05, 3.63) is 20.8 Å². The maximum atomic E-state index is 12.1. The summed E-state index contributed by atoms with van der Waals surface area (Å²) in [5.41, 5.74) is 0. The number of rotatable bonds is 3. The smallest absolute Gasteiger partial charge is 0.241 e. The zero-order valence-corrected chi connectivity index (χ0v) is 12.3. The summed E-state index contributed by atoms with van der Waals surface area (Å²) in [5.74, 6) is -0.0663. The second-order valence-corrected chi connectivity index (χ2v) is 6.07. The molecule has 1 fully saturated rings. The lowest BCUT2D eigenvalue weighted by atomic mass is 10.2. The van der Waals surface area contributed by atoms with Gasteiger partial charge in [-0.05, 0) is 22.0 Å². The standard InChI is InChI=1S/C11H14BrN3O2S/c1-15(5-8-2-7(12)6-18-8)11(17)9-3-14-10(16)4-13-9/h2,6,9,13H,3-5H2,1H3,(H,14,16). The highest BCUT2D eigenvalue weighted by molar-refractivity contribution is 9.10. The summed E-state index contributed by atoms with van der Waals surface area (Å²) in [6, 6.07) is 1.68. The molecule has 18 heavy (non-hydrogen) atoms. The summed E-state index contributed by atoms with van der Waals surface area (Å²) in [6.07, 6.45) is 0. The maximum Gasteiger partial charge on any atom is 0.241 e. The van der Waals surface area contributed by atoms with Crippen LogP contribution in [0.2, 0.25) is 0 Å². The highest BCUT2D eigenvalue weighted by Gasteiger charge is 2.26. The van der Waals surface area contributed by atoms with E-state index < -0.39 is 0 Å². The lowest BCUT2D eigenvalue weighted by Gasteiger charge is -2.27. The molecule has 2 N–H and O–H groups in total. The van der Waals surface area contributed by atoms with Gasteiger partial charge in [0.05, 0.1) is 13.1 Å². The van der Waals surface area contributed by atoms with Crippen molar-refractivity contribution in [1.82, 2.24) is 15.5 Å². The lowest BCUT2D eigenvalue weighted by molar-refractivity contribution is -0.134. The number of amides is 2. The summed E-state index contributed by atoms with van der Waals surface area (Å²) >= 11 is 5.00. The first kappa shape index (κ1) is 13.5. The monoisotopic (exact) mass is 331 g/mol. The summed E-state index contributed by atoms with van der Waals surface area (Å²) in [4.78, 5) is 25.9. The van der Waals surface area contributed by atoms with Crippen LogP contribution in [0.5, 0.6) is 0 Å². The summed E-state index contributed by atoms with van der Waals surface area (Å²) < 4.78 is 1.03. The van der Waals surface area contributed by atoms with Crippen molar-refractivity contribution in [2.45, 2.75) is 12.6 Å². The third-order valence-corrected chi connectivity index (χ3v) is 4.38. The van der Waals surface area contributed by atoms with E-state index >= 15 is 0 Å². The van der Waals surface area contributed by atoms with Crippen molar-refractivity contribution in [3.63, 3.8) is 0 Å². The van der Waals surface area contributed by atoms with Gasteiger partial charge in [0.1, 0.15) is 6.04 Å². The third-order valence-electron chi connectivity index (χ3n) is 2.70. The predicted octanol–water partition coefficient (Wildman–Crippen LogP) is 0.557. The molecule has 1 aliphatic rings. The fourth-order valence-corrected chi connectivity index (χ4v) is 3.26. The molecule has 1 unspecified atom stereocenters. The Hall–Kier alpha value is -0.920. The molecule has 0 aromatic carbocycles. The molecule has 98 valence electrons. The van der Waals surface area contributed by atoms with Crippen molar-refractivity contribution in [2.24, 2.45) is 0 Å². The van der Waals surface area contributed by atoms with E-state index in [2.05, 4.69) is 26.6 Å². The Kier molecular flexibility index (Phi) is 4.36. The van der Waals surface area contributed by atoms with Crippen LogP contribution in [0.1, 0.15) is 4.88 Å². The van der Waals surface area contributed by atoms with Gasteiger partial charge in [0, 0.05) is 28.3 Å². The van der Waals surface area contributed by atoms with Gasteiger partial charge in [-0.1, -0.05) is 0 Å². The van der Waals surface area contributed by atoms with Gasteiger partial charge in [-0.3, -0.25) is 14.9 Å². The summed E-state index contributed by atoms with van der Waals surface area (Å²) in [5, 5.41) is 7.61. The Labute approximate surface area is 118 Å². The molecule has 1 atom stereocenters. The zero-order chi connectivity index (χ0) is 13.1. The first-order valence-electron chi connectivity index (χ1n) is 5.54. The Balaban J connectivity index is 1.90. The van der Waals surface area contributed by atoms with E-state index in [0.29, 0.717) is 13.1 Å². The van der Waals surface area contributed by atoms with E-state index in [-0.39, 0.29) is 24.4 Å². The third kappa shape index (κ3) is 3.30. The number of nitrogens with zero attached hydrogens (tertiary/aromatic N) is 1. The number of piperazine rings is 1. The van der Waals surface area contributed by atoms with Crippen molar-refractivity contribution in [3.8, 4) is 0 Å². The van der Waals surface area contributed by atoms with Crippen molar-refractivity contribution in [1.29, 1.82) is 0 Å². The van der Waals surface area contributed by atoms with Crippen LogP contribution in [-0.4, -0.2) is 42.9 Å². The first-order valence-corrected chi connectivity index (χ1v) is 7.21. The fraction of sp³-hybridized carbons (Fsp3) is 0.455. The topological polar surface area (TPSA) is 61.4 Å². The molecule has 0 radical (unpaired) electrons. The summed E-state index contributed by atoms with van der Waals surface area (Å²) in [6.45, 7) is 1.15. The molecule has 0 saturated carbocycles. The van der Waals surface area contributed by atoms with Gasteiger partial charge < -0.3 is 10.2 Å². The van der Waals surface area contributed by atoms with Gasteiger partial charge in [-0.25, -0.2) is 0 Å². The molecule has 2 amide bonds. The number of carbonyl (C=O) groups excluding carboxylic acids is 2. The highest BCUT2D eigenvalue weighted by Crippen LogP contribution is 2.20. The average molecular weight is 332 g/mol. The van der Waals surface area contributed by atoms with E-state index in [9.17, 15) is 9.59 Å². The van der Waals surface area contributed by atoms with Gasteiger partial charge in [0.2, 0.25) is 11.8 Å². The molecule has 1 aromatic heterocycles.